The van der Waals surface area contributed by atoms with Crippen LogP contribution in [0.3, 0.4) is 0 Å². The Morgan fingerprint density at radius 2 is 2.14 bits per heavy atom. The van der Waals surface area contributed by atoms with Gasteiger partial charge in [0.15, 0.2) is 0 Å². The van der Waals surface area contributed by atoms with Crippen molar-refractivity contribution in [3.05, 3.63) is 29.6 Å². The maximum atomic E-state index is 12.7. The molecule has 0 N–H and O–H groups in total. The van der Waals surface area contributed by atoms with Crippen LogP contribution in [0.5, 0.6) is 0 Å². The highest BCUT2D eigenvalue weighted by molar-refractivity contribution is 5.94. The van der Waals surface area contributed by atoms with Crippen LogP contribution in [0.2, 0.25) is 0 Å². The molecular weight excluding hydrogens is 356 g/mol. The summed E-state index contributed by atoms with van der Waals surface area (Å²) < 4.78 is 5.72. The minimum absolute atomic E-state index is 0.0325. The second-order valence-corrected chi connectivity index (χ2v) is 8.25. The molecule has 0 bridgehead atoms. The highest BCUT2D eigenvalue weighted by Crippen LogP contribution is 2.40. The first-order chi connectivity index (χ1) is 13.6. The molecule has 7 nitrogen and oxygen atoms in total. The van der Waals surface area contributed by atoms with Crippen LogP contribution in [0, 0.1) is 16.7 Å². The Balaban J connectivity index is 1.36. The summed E-state index contributed by atoms with van der Waals surface area (Å²) in [6.45, 7) is 3.69. The van der Waals surface area contributed by atoms with Gasteiger partial charge >= 0.3 is 0 Å². The molecule has 1 atom stereocenters. The minimum atomic E-state index is -0.0325. The molecule has 7 heteroatoms. The van der Waals surface area contributed by atoms with Crippen LogP contribution in [0.15, 0.2) is 18.3 Å². The van der Waals surface area contributed by atoms with Gasteiger partial charge in [0.05, 0.1) is 11.7 Å². The number of hydrogen-bond donors (Lipinski definition) is 0. The molecule has 3 aliphatic rings. The lowest BCUT2D eigenvalue weighted by Gasteiger charge is -2.47. The third kappa shape index (κ3) is 3.88. The van der Waals surface area contributed by atoms with Crippen molar-refractivity contribution in [2.45, 2.75) is 44.6 Å². The lowest BCUT2D eigenvalue weighted by atomic mass is 9.72. The van der Waals surface area contributed by atoms with Gasteiger partial charge < -0.3 is 14.5 Å². The largest absolute Gasteiger partial charge is 0.376 e. The van der Waals surface area contributed by atoms with Gasteiger partial charge in [-0.1, -0.05) is 0 Å². The number of amides is 2. The van der Waals surface area contributed by atoms with Crippen LogP contribution in [-0.4, -0.2) is 65.5 Å². The zero-order valence-corrected chi connectivity index (χ0v) is 16.1. The molecule has 28 heavy (non-hydrogen) atoms. The summed E-state index contributed by atoms with van der Waals surface area (Å²) in [6.07, 6.45) is 7.12. The topological polar surface area (TPSA) is 86.5 Å². The van der Waals surface area contributed by atoms with Gasteiger partial charge in [-0.05, 0) is 49.7 Å². The molecule has 0 saturated carbocycles. The van der Waals surface area contributed by atoms with E-state index in [-0.39, 0.29) is 23.3 Å². The molecule has 148 valence electrons. The number of carbonyl (C=O) groups is 2. The predicted octanol–water partition coefficient (Wildman–Crippen LogP) is 1.98. The number of nitrogens with zero attached hydrogens (tertiary/aromatic N) is 4. The van der Waals surface area contributed by atoms with Crippen molar-refractivity contribution in [2.75, 3.05) is 32.8 Å². The van der Waals surface area contributed by atoms with E-state index in [4.69, 9.17) is 10.00 Å². The molecule has 1 aromatic rings. The monoisotopic (exact) mass is 382 g/mol. The summed E-state index contributed by atoms with van der Waals surface area (Å²) in [5.74, 6) is 0.207. The first kappa shape index (κ1) is 18.9. The van der Waals surface area contributed by atoms with Crippen LogP contribution < -0.4 is 0 Å². The quantitative estimate of drug-likeness (QED) is 0.798. The number of rotatable bonds is 3. The SMILES string of the molecule is N#Cc1ccc(C(=O)N2CCC3(CCC(=O)N(CC4CCCO4)C3)CC2)cn1. The number of carbonyl (C=O) groups excluding carboxylic acids is 2. The summed E-state index contributed by atoms with van der Waals surface area (Å²) in [6, 6.07) is 5.21. The second kappa shape index (κ2) is 7.88. The highest BCUT2D eigenvalue weighted by Gasteiger charge is 2.42. The highest BCUT2D eigenvalue weighted by atomic mass is 16.5. The van der Waals surface area contributed by atoms with Crippen molar-refractivity contribution in [1.82, 2.24) is 14.8 Å². The minimum Gasteiger partial charge on any atom is -0.376 e. The summed E-state index contributed by atoms with van der Waals surface area (Å²) in [4.78, 5) is 33.0. The van der Waals surface area contributed by atoms with Crippen LogP contribution in [0.25, 0.3) is 0 Å². The van der Waals surface area contributed by atoms with E-state index in [9.17, 15) is 9.59 Å². The van der Waals surface area contributed by atoms with Crippen molar-refractivity contribution < 1.29 is 14.3 Å². The van der Waals surface area contributed by atoms with Gasteiger partial charge in [-0.25, -0.2) is 4.98 Å². The van der Waals surface area contributed by atoms with Crippen molar-refractivity contribution in [3.63, 3.8) is 0 Å². The van der Waals surface area contributed by atoms with Crippen molar-refractivity contribution in [1.29, 1.82) is 5.26 Å². The molecule has 0 radical (unpaired) electrons. The molecule has 2 amide bonds. The average molecular weight is 382 g/mol. The molecule has 4 rings (SSSR count). The van der Waals surface area contributed by atoms with E-state index >= 15 is 0 Å². The lowest BCUT2D eigenvalue weighted by molar-refractivity contribution is -0.141. The van der Waals surface area contributed by atoms with Gasteiger partial charge in [0.25, 0.3) is 5.91 Å². The summed E-state index contributed by atoms with van der Waals surface area (Å²) >= 11 is 0. The zero-order valence-electron chi connectivity index (χ0n) is 16.1. The fourth-order valence-corrected chi connectivity index (χ4v) is 4.66. The summed E-state index contributed by atoms with van der Waals surface area (Å²) in [7, 11) is 0. The summed E-state index contributed by atoms with van der Waals surface area (Å²) in [5.41, 5.74) is 0.952. The van der Waals surface area contributed by atoms with Crippen LogP contribution in [0.1, 0.15) is 54.6 Å². The Bertz CT molecular complexity index is 772. The molecule has 3 fully saturated rings. The second-order valence-electron chi connectivity index (χ2n) is 8.25. The first-order valence-corrected chi connectivity index (χ1v) is 10.1. The first-order valence-electron chi connectivity index (χ1n) is 10.1. The Morgan fingerprint density at radius 3 is 2.79 bits per heavy atom. The molecule has 1 aromatic heterocycles. The Hall–Kier alpha value is -2.46. The van der Waals surface area contributed by atoms with E-state index < -0.39 is 0 Å². The summed E-state index contributed by atoms with van der Waals surface area (Å²) in [5, 5.41) is 8.84. The van der Waals surface area contributed by atoms with Gasteiger partial charge in [0.1, 0.15) is 11.8 Å². The lowest BCUT2D eigenvalue weighted by Crippen LogP contribution is -2.53. The number of ether oxygens (including phenoxy) is 1. The number of hydrogen-bond acceptors (Lipinski definition) is 5. The average Bonchev–Trinajstić information content (AvgIpc) is 3.24. The van der Waals surface area contributed by atoms with Crippen molar-refractivity contribution in [2.24, 2.45) is 5.41 Å². The van der Waals surface area contributed by atoms with Crippen LogP contribution in [0.4, 0.5) is 0 Å². The smallest absolute Gasteiger partial charge is 0.255 e. The van der Waals surface area contributed by atoms with E-state index in [1.165, 1.54) is 6.20 Å². The van der Waals surface area contributed by atoms with Crippen LogP contribution in [-0.2, 0) is 9.53 Å². The number of aromatic nitrogens is 1. The van der Waals surface area contributed by atoms with Crippen LogP contribution >= 0.6 is 0 Å². The Kier molecular flexibility index (Phi) is 5.31. The molecular formula is C21H26N4O3. The Labute approximate surface area is 165 Å². The zero-order chi connectivity index (χ0) is 19.6. The Morgan fingerprint density at radius 1 is 1.32 bits per heavy atom. The predicted molar refractivity (Wildman–Crippen MR) is 101 cm³/mol. The van der Waals surface area contributed by atoms with E-state index in [1.807, 2.05) is 15.9 Å². The molecule has 1 unspecified atom stereocenters. The van der Waals surface area contributed by atoms with Gasteiger partial charge in [-0.2, -0.15) is 5.26 Å². The molecule has 1 spiro atoms. The normalized spacial score (nSPS) is 24.4. The van der Waals surface area contributed by atoms with Crippen molar-refractivity contribution in [3.8, 4) is 6.07 Å². The third-order valence-electron chi connectivity index (χ3n) is 6.43. The molecule has 4 heterocycles. The molecule has 3 saturated heterocycles. The standard InChI is InChI=1S/C21H26N4O3/c22-12-17-4-3-16(13-23-17)20(27)24-9-7-21(8-10-24)6-5-19(26)25(15-21)14-18-2-1-11-28-18/h3-4,13,18H,1-2,5-11,14-15H2. The van der Waals surface area contributed by atoms with Gasteiger partial charge in [-0.15, -0.1) is 0 Å². The number of likely N-dealkylation sites (tertiary alicyclic amines) is 2. The fraction of sp³-hybridized carbons (Fsp3) is 0.619. The van der Waals surface area contributed by atoms with Gasteiger partial charge in [-0.3, -0.25) is 9.59 Å². The molecule has 0 aromatic carbocycles. The number of nitriles is 1. The van der Waals surface area contributed by atoms with Gasteiger partial charge in [0, 0.05) is 45.4 Å². The van der Waals surface area contributed by atoms with E-state index in [1.54, 1.807) is 12.1 Å². The molecule has 3 aliphatic heterocycles. The van der Waals surface area contributed by atoms with E-state index in [0.717, 1.165) is 45.3 Å². The maximum absolute atomic E-state index is 12.7. The van der Waals surface area contributed by atoms with Gasteiger partial charge in [0.2, 0.25) is 5.91 Å². The maximum Gasteiger partial charge on any atom is 0.255 e. The molecule has 0 aliphatic carbocycles. The fourth-order valence-electron chi connectivity index (χ4n) is 4.66. The van der Waals surface area contributed by atoms with E-state index in [0.29, 0.717) is 37.3 Å². The number of piperidine rings is 2. The number of pyridine rings is 1. The van der Waals surface area contributed by atoms with E-state index in [2.05, 4.69) is 4.98 Å². The van der Waals surface area contributed by atoms with Crippen molar-refractivity contribution >= 4 is 11.8 Å². The third-order valence-corrected chi connectivity index (χ3v) is 6.43.